The fourth-order valence-corrected chi connectivity index (χ4v) is 6.66. The van der Waals surface area contributed by atoms with Crippen molar-refractivity contribution in [2.24, 2.45) is 5.92 Å². The number of hydrogen-bond donors (Lipinski definition) is 0. The van der Waals surface area contributed by atoms with Crippen LogP contribution in [0, 0.1) is 5.92 Å². The molecule has 0 radical (unpaired) electrons. The van der Waals surface area contributed by atoms with Crippen LogP contribution in [0.15, 0.2) is 54.6 Å². The Bertz CT molecular complexity index is 884. The smallest absolute Gasteiger partial charge is 0.217 e. The van der Waals surface area contributed by atoms with Gasteiger partial charge in [0.15, 0.2) is 0 Å². The van der Waals surface area contributed by atoms with E-state index in [2.05, 4.69) is 29.2 Å². The summed E-state index contributed by atoms with van der Waals surface area (Å²) in [6.45, 7) is 3.79. The predicted octanol–water partition coefficient (Wildman–Crippen LogP) is 3.12. The maximum atomic E-state index is 13.2. The predicted molar refractivity (Wildman–Crippen MR) is 111 cm³/mol. The first-order chi connectivity index (χ1) is 13.6. The molecule has 28 heavy (non-hydrogen) atoms. The molecule has 2 fully saturated rings. The van der Waals surface area contributed by atoms with Gasteiger partial charge in [-0.2, -0.15) is 4.31 Å². The van der Waals surface area contributed by atoms with Crippen LogP contribution in [0.25, 0.3) is 0 Å². The first kappa shape index (κ1) is 19.4. The third-order valence-corrected chi connectivity index (χ3v) is 8.40. The van der Waals surface area contributed by atoms with Crippen LogP contribution in [-0.2, 0) is 23.1 Å². The van der Waals surface area contributed by atoms with E-state index in [4.69, 9.17) is 4.74 Å². The van der Waals surface area contributed by atoms with Crippen LogP contribution < -0.4 is 4.74 Å². The number of hydrogen-bond acceptors (Lipinski definition) is 4. The highest BCUT2D eigenvalue weighted by atomic mass is 32.2. The van der Waals surface area contributed by atoms with E-state index in [1.165, 1.54) is 5.56 Å². The van der Waals surface area contributed by atoms with Crippen molar-refractivity contribution in [3.63, 3.8) is 0 Å². The molecule has 2 aromatic carbocycles. The van der Waals surface area contributed by atoms with E-state index in [-0.39, 0.29) is 11.2 Å². The largest absolute Gasteiger partial charge is 0.497 e. The Morgan fingerprint density at radius 2 is 1.61 bits per heavy atom. The number of nitrogens with zero attached hydrogens (tertiary/aromatic N) is 2. The Balaban J connectivity index is 1.41. The van der Waals surface area contributed by atoms with Gasteiger partial charge in [0.25, 0.3) is 0 Å². The van der Waals surface area contributed by atoms with Gasteiger partial charge in [0.05, 0.1) is 12.4 Å². The summed E-state index contributed by atoms with van der Waals surface area (Å²) in [5.74, 6) is 1.01. The zero-order chi connectivity index (χ0) is 19.6. The SMILES string of the molecule is COc1ccc(CN2C[C@@H]3CCN(Cc4ccccc4)CC[C@@H]3S2(=O)=O)cc1. The number of benzene rings is 2. The van der Waals surface area contributed by atoms with Crippen molar-refractivity contribution in [2.75, 3.05) is 26.7 Å². The second-order valence-electron chi connectivity index (χ2n) is 7.82. The van der Waals surface area contributed by atoms with E-state index < -0.39 is 10.0 Å². The van der Waals surface area contributed by atoms with Crippen molar-refractivity contribution >= 4 is 10.0 Å². The van der Waals surface area contributed by atoms with Gasteiger partial charge >= 0.3 is 0 Å². The molecule has 0 saturated carbocycles. The molecule has 0 unspecified atom stereocenters. The summed E-state index contributed by atoms with van der Waals surface area (Å²) < 4.78 is 33.2. The van der Waals surface area contributed by atoms with Gasteiger partial charge < -0.3 is 4.74 Å². The van der Waals surface area contributed by atoms with Crippen LogP contribution in [0.4, 0.5) is 0 Å². The Hall–Kier alpha value is -1.89. The van der Waals surface area contributed by atoms with Crippen LogP contribution in [0.5, 0.6) is 5.75 Å². The lowest BCUT2D eigenvalue weighted by atomic mass is 10.0. The summed E-state index contributed by atoms with van der Waals surface area (Å²) in [5.41, 5.74) is 2.30. The van der Waals surface area contributed by atoms with Crippen LogP contribution in [0.3, 0.4) is 0 Å². The van der Waals surface area contributed by atoms with Crippen LogP contribution in [-0.4, -0.2) is 49.6 Å². The third kappa shape index (κ3) is 4.09. The molecule has 0 spiro atoms. The number of fused-ring (bicyclic) bond motifs is 1. The Kier molecular flexibility index (Phi) is 5.71. The molecular formula is C22H28N2O3S. The number of ether oxygens (including phenoxy) is 1. The van der Waals surface area contributed by atoms with E-state index in [0.29, 0.717) is 13.1 Å². The molecule has 2 heterocycles. The molecule has 2 aromatic rings. The summed E-state index contributed by atoms with van der Waals surface area (Å²) >= 11 is 0. The van der Waals surface area contributed by atoms with Crippen molar-refractivity contribution in [2.45, 2.75) is 31.2 Å². The monoisotopic (exact) mass is 400 g/mol. The fourth-order valence-electron chi connectivity index (χ4n) is 4.44. The van der Waals surface area contributed by atoms with E-state index in [1.54, 1.807) is 11.4 Å². The molecule has 0 bridgehead atoms. The van der Waals surface area contributed by atoms with Crippen molar-refractivity contribution in [3.05, 3.63) is 65.7 Å². The molecule has 4 rings (SSSR count). The lowest BCUT2D eigenvalue weighted by Crippen LogP contribution is -2.31. The highest BCUT2D eigenvalue weighted by Gasteiger charge is 2.46. The molecule has 2 saturated heterocycles. The molecule has 0 N–H and O–H groups in total. The standard InChI is InChI=1S/C22H28N2O3S/c1-27-21-9-7-19(8-10-21)16-24-17-20-11-13-23(14-12-22(20)28(24,25)26)15-18-5-3-2-4-6-18/h2-10,20,22H,11-17H2,1H3/t20-,22-/m0/s1. The normalized spacial score (nSPS) is 25.2. The van der Waals surface area contributed by atoms with Crippen molar-refractivity contribution < 1.29 is 13.2 Å². The zero-order valence-corrected chi connectivity index (χ0v) is 17.1. The van der Waals surface area contributed by atoms with Gasteiger partial charge in [-0.25, -0.2) is 8.42 Å². The van der Waals surface area contributed by atoms with Gasteiger partial charge in [-0.15, -0.1) is 0 Å². The van der Waals surface area contributed by atoms with Crippen molar-refractivity contribution in [1.29, 1.82) is 0 Å². The topological polar surface area (TPSA) is 49.9 Å². The van der Waals surface area contributed by atoms with E-state index >= 15 is 0 Å². The average molecular weight is 401 g/mol. The van der Waals surface area contributed by atoms with Crippen molar-refractivity contribution in [3.8, 4) is 5.75 Å². The average Bonchev–Trinajstić information content (AvgIpc) is 2.84. The fraction of sp³-hybridized carbons (Fsp3) is 0.455. The van der Waals surface area contributed by atoms with E-state index in [9.17, 15) is 8.42 Å². The molecule has 0 aliphatic carbocycles. The van der Waals surface area contributed by atoms with Crippen molar-refractivity contribution in [1.82, 2.24) is 9.21 Å². The third-order valence-electron chi connectivity index (χ3n) is 6.02. The first-order valence-corrected chi connectivity index (χ1v) is 11.4. The zero-order valence-electron chi connectivity index (χ0n) is 16.3. The lowest BCUT2D eigenvalue weighted by molar-refractivity contribution is 0.267. The minimum Gasteiger partial charge on any atom is -0.497 e. The number of likely N-dealkylation sites (tertiary alicyclic amines) is 1. The van der Waals surface area contributed by atoms with Gasteiger partial charge in [-0.3, -0.25) is 4.90 Å². The molecule has 2 aliphatic rings. The molecular weight excluding hydrogens is 372 g/mol. The summed E-state index contributed by atoms with van der Waals surface area (Å²) in [4.78, 5) is 2.40. The van der Waals surface area contributed by atoms with E-state index in [0.717, 1.165) is 43.8 Å². The number of rotatable bonds is 5. The summed E-state index contributed by atoms with van der Waals surface area (Å²) in [6, 6.07) is 18.1. The van der Waals surface area contributed by atoms with E-state index in [1.807, 2.05) is 30.3 Å². The van der Waals surface area contributed by atoms with Gasteiger partial charge in [0, 0.05) is 19.6 Å². The Labute approximate surface area is 168 Å². The minimum absolute atomic E-state index is 0.226. The highest BCUT2D eigenvalue weighted by molar-refractivity contribution is 7.90. The lowest BCUT2D eigenvalue weighted by Gasteiger charge is -2.22. The van der Waals surface area contributed by atoms with Gasteiger partial charge in [0.2, 0.25) is 10.0 Å². The molecule has 0 amide bonds. The Morgan fingerprint density at radius 1 is 0.929 bits per heavy atom. The molecule has 150 valence electrons. The molecule has 2 aliphatic heterocycles. The van der Waals surface area contributed by atoms with Crippen LogP contribution in [0.1, 0.15) is 24.0 Å². The maximum absolute atomic E-state index is 13.2. The Morgan fingerprint density at radius 3 is 2.32 bits per heavy atom. The highest BCUT2D eigenvalue weighted by Crippen LogP contribution is 2.35. The van der Waals surface area contributed by atoms with Crippen LogP contribution in [0.2, 0.25) is 0 Å². The quantitative estimate of drug-likeness (QED) is 0.774. The number of methoxy groups -OCH3 is 1. The summed E-state index contributed by atoms with van der Waals surface area (Å²) in [5, 5.41) is -0.244. The number of sulfonamides is 1. The molecule has 5 nitrogen and oxygen atoms in total. The molecule has 2 atom stereocenters. The van der Waals surface area contributed by atoms with Gasteiger partial charge in [-0.1, -0.05) is 42.5 Å². The molecule has 6 heteroatoms. The second kappa shape index (κ2) is 8.23. The summed E-state index contributed by atoms with van der Waals surface area (Å²) in [6.07, 6.45) is 1.66. The first-order valence-electron chi connectivity index (χ1n) is 9.94. The maximum Gasteiger partial charge on any atom is 0.217 e. The van der Waals surface area contributed by atoms with Gasteiger partial charge in [-0.05, 0) is 55.1 Å². The molecule has 0 aromatic heterocycles. The second-order valence-corrected chi connectivity index (χ2v) is 9.98. The van der Waals surface area contributed by atoms with Crippen LogP contribution >= 0.6 is 0 Å². The summed E-state index contributed by atoms with van der Waals surface area (Å²) in [7, 11) is -1.61. The minimum atomic E-state index is -3.25. The van der Waals surface area contributed by atoms with Gasteiger partial charge in [0.1, 0.15) is 5.75 Å².